The zero-order valence-corrected chi connectivity index (χ0v) is 13.8. The zero-order chi connectivity index (χ0) is 13.7. The third-order valence-corrected chi connectivity index (χ3v) is 3.51. The molecule has 1 aromatic carbocycles. The highest BCUT2D eigenvalue weighted by molar-refractivity contribution is 9.11. The Morgan fingerprint density at radius 2 is 1.83 bits per heavy atom. The van der Waals surface area contributed by atoms with Crippen molar-refractivity contribution >= 4 is 37.8 Å². The van der Waals surface area contributed by atoms with E-state index < -0.39 is 0 Å². The predicted molar refractivity (Wildman–Crippen MR) is 79.8 cm³/mol. The molecule has 0 radical (unpaired) electrons. The van der Waals surface area contributed by atoms with Gasteiger partial charge in [0.2, 0.25) is 0 Å². The van der Waals surface area contributed by atoms with Crippen LogP contribution in [0.2, 0.25) is 0 Å². The summed E-state index contributed by atoms with van der Waals surface area (Å²) >= 11 is 6.74. The van der Waals surface area contributed by atoms with E-state index in [-0.39, 0.29) is 11.9 Å². The van der Waals surface area contributed by atoms with Gasteiger partial charge >= 0.3 is 0 Å². The van der Waals surface area contributed by atoms with E-state index >= 15 is 0 Å². The van der Waals surface area contributed by atoms with E-state index in [2.05, 4.69) is 51.0 Å². The van der Waals surface area contributed by atoms with Crippen LogP contribution in [0.5, 0.6) is 0 Å². The Kier molecular flexibility index (Phi) is 6.32. The summed E-state index contributed by atoms with van der Waals surface area (Å²) in [5.41, 5.74) is 0.623. The fraction of sp³-hybridized carbons (Fsp3) is 0.462. The molecule has 3 nitrogen and oxygen atoms in total. The van der Waals surface area contributed by atoms with Gasteiger partial charge in [-0.3, -0.25) is 4.79 Å². The van der Waals surface area contributed by atoms with Gasteiger partial charge in [0.05, 0.1) is 12.6 Å². The van der Waals surface area contributed by atoms with Crippen molar-refractivity contribution in [3.8, 4) is 0 Å². The molecule has 0 bridgehead atoms. The van der Waals surface area contributed by atoms with Gasteiger partial charge in [-0.15, -0.1) is 0 Å². The second kappa shape index (κ2) is 7.26. The van der Waals surface area contributed by atoms with Crippen molar-refractivity contribution in [1.29, 1.82) is 0 Å². The van der Waals surface area contributed by atoms with Crippen LogP contribution in [0.1, 0.15) is 24.2 Å². The van der Waals surface area contributed by atoms with Crippen molar-refractivity contribution in [1.82, 2.24) is 5.32 Å². The average molecular weight is 379 g/mol. The summed E-state index contributed by atoms with van der Waals surface area (Å²) in [5, 5.41) is 2.98. The molecule has 1 unspecified atom stereocenters. The van der Waals surface area contributed by atoms with Crippen molar-refractivity contribution < 1.29 is 9.53 Å². The molecule has 0 aromatic heterocycles. The molecule has 1 atom stereocenters. The van der Waals surface area contributed by atoms with Crippen molar-refractivity contribution in [2.75, 3.05) is 13.7 Å². The number of benzene rings is 1. The van der Waals surface area contributed by atoms with E-state index in [9.17, 15) is 4.79 Å². The van der Waals surface area contributed by atoms with Crippen LogP contribution in [-0.4, -0.2) is 25.7 Å². The fourth-order valence-electron chi connectivity index (χ4n) is 1.52. The first-order valence-corrected chi connectivity index (χ1v) is 7.28. The number of rotatable bonds is 5. The predicted octanol–water partition coefficient (Wildman–Crippen LogP) is 3.61. The van der Waals surface area contributed by atoms with E-state index in [1.165, 1.54) is 0 Å². The van der Waals surface area contributed by atoms with Crippen LogP contribution in [0.15, 0.2) is 27.1 Å². The van der Waals surface area contributed by atoms with Gasteiger partial charge in [-0.05, 0) is 24.1 Å². The molecule has 0 aliphatic carbocycles. The number of hydrogen-bond acceptors (Lipinski definition) is 2. The maximum atomic E-state index is 12.1. The maximum Gasteiger partial charge on any atom is 0.251 e. The minimum absolute atomic E-state index is 0.0141. The number of ether oxygens (including phenoxy) is 1. The summed E-state index contributed by atoms with van der Waals surface area (Å²) < 4.78 is 6.86. The Morgan fingerprint density at radius 3 is 2.28 bits per heavy atom. The number of amides is 1. The van der Waals surface area contributed by atoms with Crippen LogP contribution in [0, 0.1) is 5.92 Å². The number of carbonyl (C=O) groups excluding carboxylic acids is 1. The molecule has 0 spiro atoms. The summed E-state index contributed by atoms with van der Waals surface area (Å²) in [7, 11) is 1.64. The maximum absolute atomic E-state index is 12.1. The van der Waals surface area contributed by atoms with Gasteiger partial charge in [0, 0.05) is 21.6 Å². The van der Waals surface area contributed by atoms with E-state index in [1.807, 2.05) is 6.07 Å². The molecule has 0 aliphatic heterocycles. The lowest BCUT2D eigenvalue weighted by Crippen LogP contribution is -2.41. The van der Waals surface area contributed by atoms with E-state index in [0.717, 1.165) is 8.95 Å². The largest absolute Gasteiger partial charge is 0.383 e. The van der Waals surface area contributed by atoms with Crippen molar-refractivity contribution in [2.45, 2.75) is 19.9 Å². The summed E-state index contributed by atoms with van der Waals surface area (Å²) in [6.45, 7) is 4.63. The van der Waals surface area contributed by atoms with Crippen LogP contribution in [-0.2, 0) is 4.74 Å². The van der Waals surface area contributed by atoms with Gasteiger partial charge in [-0.2, -0.15) is 0 Å². The van der Waals surface area contributed by atoms with Crippen molar-refractivity contribution in [3.63, 3.8) is 0 Å². The molecule has 0 fully saturated rings. The molecule has 5 heteroatoms. The molecule has 0 aliphatic rings. The monoisotopic (exact) mass is 377 g/mol. The lowest BCUT2D eigenvalue weighted by atomic mass is 10.0. The first-order chi connectivity index (χ1) is 8.43. The highest BCUT2D eigenvalue weighted by Crippen LogP contribution is 2.20. The summed E-state index contributed by atoms with van der Waals surface area (Å²) in [6, 6.07) is 5.50. The first kappa shape index (κ1) is 15.7. The number of carbonyl (C=O) groups is 1. The quantitative estimate of drug-likeness (QED) is 0.849. The molecule has 1 N–H and O–H groups in total. The molecule has 18 heavy (non-hydrogen) atoms. The van der Waals surface area contributed by atoms with Crippen molar-refractivity contribution in [3.05, 3.63) is 32.7 Å². The van der Waals surface area contributed by atoms with Gasteiger partial charge in [0.25, 0.3) is 5.91 Å². The SMILES string of the molecule is COCC(NC(=O)c1cc(Br)cc(Br)c1)C(C)C. The number of nitrogens with one attached hydrogen (secondary N) is 1. The molecule has 100 valence electrons. The molecule has 0 saturated carbocycles. The summed E-state index contributed by atoms with van der Waals surface area (Å²) in [6.07, 6.45) is 0. The molecule has 0 heterocycles. The Bertz CT molecular complexity index is 401. The van der Waals surface area contributed by atoms with Gasteiger partial charge in [-0.25, -0.2) is 0 Å². The molecule has 0 saturated heterocycles. The lowest BCUT2D eigenvalue weighted by molar-refractivity contribution is 0.0866. The number of methoxy groups -OCH3 is 1. The van der Waals surface area contributed by atoms with Gasteiger partial charge in [0.15, 0.2) is 0 Å². The Hall–Kier alpha value is -0.390. The minimum atomic E-state index is -0.0900. The Morgan fingerprint density at radius 1 is 1.28 bits per heavy atom. The molecule has 1 aromatic rings. The smallest absolute Gasteiger partial charge is 0.251 e. The summed E-state index contributed by atoms with van der Waals surface area (Å²) in [5.74, 6) is 0.234. The van der Waals surface area contributed by atoms with Crippen LogP contribution in [0.3, 0.4) is 0 Å². The zero-order valence-electron chi connectivity index (χ0n) is 10.7. The normalized spacial score (nSPS) is 12.6. The molecular formula is C13H17Br2NO2. The number of hydrogen-bond donors (Lipinski definition) is 1. The topological polar surface area (TPSA) is 38.3 Å². The molecular weight excluding hydrogens is 362 g/mol. The third kappa shape index (κ3) is 4.71. The average Bonchev–Trinajstić information content (AvgIpc) is 2.26. The van der Waals surface area contributed by atoms with E-state index in [1.54, 1.807) is 19.2 Å². The van der Waals surface area contributed by atoms with Crippen LogP contribution < -0.4 is 5.32 Å². The van der Waals surface area contributed by atoms with Gasteiger partial charge < -0.3 is 10.1 Å². The van der Waals surface area contributed by atoms with Gasteiger partial charge in [0.1, 0.15) is 0 Å². The standard InChI is InChI=1S/C13H17Br2NO2/c1-8(2)12(7-18-3)16-13(17)9-4-10(14)6-11(15)5-9/h4-6,8,12H,7H2,1-3H3,(H,16,17). The second-order valence-electron chi connectivity index (χ2n) is 4.44. The van der Waals surface area contributed by atoms with Gasteiger partial charge in [-0.1, -0.05) is 45.7 Å². The highest BCUT2D eigenvalue weighted by atomic mass is 79.9. The number of halogens is 2. The highest BCUT2D eigenvalue weighted by Gasteiger charge is 2.17. The van der Waals surface area contributed by atoms with Crippen LogP contribution in [0.25, 0.3) is 0 Å². The molecule has 1 amide bonds. The van der Waals surface area contributed by atoms with Crippen molar-refractivity contribution in [2.24, 2.45) is 5.92 Å². The minimum Gasteiger partial charge on any atom is -0.383 e. The fourth-order valence-corrected chi connectivity index (χ4v) is 2.81. The Labute approximate surface area is 125 Å². The lowest BCUT2D eigenvalue weighted by Gasteiger charge is -2.21. The summed E-state index contributed by atoms with van der Waals surface area (Å²) in [4.78, 5) is 12.1. The Balaban J connectivity index is 2.80. The third-order valence-electron chi connectivity index (χ3n) is 2.59. The molecule has 1 rings (SSSR count). The van der Waals surface area contributed by atoms with Crippen LogP contribution >= 0.6 is 31.9 Å². The van der Waals surface area contributed by atoms with E-state index in [4.69, 9.17) is 4.74 Å². The van der Waals surface area contributed by atoms with Crippen LogP contribution in [0.4, 0.5) is 0 Å². The first-order valence-electron chi connectivity index (χ1n) is 5.70. The van der Waals surface area contributed by atoms with E-state index in [0.29, 0.717) is 18.1 Å². The second-order valence-corrected chi connectivity index (χ2v) is 6.27.